The molecule has 0 spiro atoms. The molecule has 0 atom stereocenters. The highest BCUT2D eigenvalue weighted by Gasteiger charge is 2.31. The van der Waals surface area contributed by atoms with E-state index in [-0.39, 0.29) is 0 Å². The zero-order valence-corrected chi connectivity index (χ0v) is 12.3. The summed E-state index contributed by atoms with van der Waals surface area (Å²) in [6, 6.07) is 0.631. The molecule has 1 aliphatic rings. The number of rotatable bonds is 6. The van der Waals surface area contributed by atoms with Gasteiger partial charge in [0, 0.05) is 19.6 Å². The fraction of sp³-hybridized carbons (Fsp3) is 0.643. The number of fused-ring (bicyclic) bond motifs is 1. The second-order valence-corrected chi connectivity index (χ2v) is 5.86. The van der Waals surface area contributed by atoms with Crippen LogP contribution >= 0.6 is 0 Å². The van der Waals surface area contributed by atoms with Crippen molar-refractivity contribution in [1.29, 1.82) is 0 Å². The van der Waals surface area contributed by atoms with Crippen LogP contribution in [-0.2, 0) is 0 Å². The third kappa shape index (κ3) is 2.55. The molecule has 0 unspecified atom stereocenters. The van der Waals surface area contributed by atoms with Crippen molar-refractivity contribution < 1.29 is 0 Å². The van der Waals surface area contributed by atoms with Gasteiger partial charge < -0.3 is 10.2 Å². The summed E-state index contributed by atoms with van der Waals surface area (Å²) in [6.07, 6.45) is 5.52. The number of nitrogens with one attached hydrogen (secondary N) is 2. The summed E-state index contributed by atoms with van der Waals surface area (Å²) in [5.74, 6) is 2.35. The minimum Gasteiger partial charge on any atom is -0.357 e. The summed E-state index contributed by atoms with van der Waals surface area (Å²) in [4.78, 5) is 11.5. The van der Waals surface area contributed by atoms with Gasteiger partial charge in [0.2, 0.25) is 5.95 Å². The van der Waals surface area contributed by atoms with E-state index in [0.29, 0.717) is 17.9 Å². The molecule has 1 fully saturated rings. The van der Waals surface area contributed by atoms with Crippen molar-refractivity contribution in [2.75, 3.05) is 23.8 Å². The predicted octanol–water partition coefficient (Wildman–Crippen LogP) is 2.41. The summed E-state index contributed by atoms with van der Waals surface area (Å²) in [7, 11) is 1.84. The minimum atomic E-state index is 0.631. The second kappa shape index (κ2) is 5.26. The molecule has 1 saturated carbocycles. The van der Waals surface area contributed by atoms with E-state index in [2.05, 4.69) is 44.2 Å². The number of H-pyrrole nitrogens is 1. The number of hydrogen-bond donors (Lipinski definition) is 2. The zero-order chi connectivity index (χ0) is 14.1. The highest BCUT2D eigenvalue weighted by molar-refractivity contribution is 5.87. The summed E-state index contributed by atoms with van der Waals surface area (Å²) in [5, 5.41) is 11.1. The van der Waals surface area contributed by atoms with E-state index >= 15 is 0 Å². The molecule has 0 amide bonds. The standard InChI is InChI=1S/C14H22N6/c1-9(2)6-7-20(10-4-5-10)13-11-8-16-19-12(11)17-14(15-3)18-13/h8-10H,4-7H2,1-3H3,(H2,15,16,17,18,19). The van der Waals surface area contributed by atoms with Crippen LogP contribution in [0.1, 0.15) is 33.1 Å². The summed E-state index contributed by atoms with van der Waals surface area (Å²) in [5.41, 5.74) is 0.801. The third-order valence-electron chi connectivity index (χ3n) is 3.72. The monoisotopic (exact) mass is 274 g/mol. The van der Waals surface area contributed by atoms with Crippen molar-refractivity contribution in [3.05, 3.63) is 6.20 Å². The van der Waals surface area contributed by atoms with Crippen LogP contribution in [0.2, 0.25) is 0 Å². The third-order valence-corrected chi connectivity index (χ3v) is 3.72. The van der Waals surface area contributed by atoms with Gasteiger partial charge in [-0.1, -0.05) is 13.8 Å². The van der Waals surface area contributed by atoms with Crippen molar-refractivity contribution >= 4 is 22.8 Å². The lowest BCUT2D eigenvalue weighted by molar-refractivity contribution is 0.569. The zero-order valence-electron chi connectivity index (χ0n) is 12.3. The van der Waals surface area contributed by atoms with Crippen LogP contribution in [0.25, 0.3) is 11.0 Å². The average Bonchev–Trinajstić information content (AvgIpc) is 3.15. The Kier molecular flexibility index (Phi) is 3.46. The number of aromatic amines is 1. The molecule has 2 aromatic heterocycles. The molecule has 6 nitrogen and oxygen atoms in total. The Balaban J connectivity index is 1.98. The molecule has 108 valence electrons. The van der Waals surface area contributed by atoms with Gasteiger partial charge in [0.25, 0.3) is 0 Å². The Hall–Kier alpha value is -1.85. The second-order valence-electron chi connectivity index (χ2n) is 5.86. The summed E-state index contributed by atoms with van der Waals surface area (Å²) < 4.78 is 0. The van der Waals surface area contributed by atoms with E-state index < -0.39 is 0 Å². The van der Waals surface area contributed by atoms with Gasteiger partial charge >= 0.3 is 0 Å². The number of anilines is 2. The van der Waals surface area contributed by atoms with Gasteiger partial charge in [-0.25, -0.2) is 0 Å². The molecule has 20 heavy (non-hydrogen) atoms. The van der Waals surface area contributed by atoms with Gasteiger partial charge in [-0.05, 0) is 25.2 Å². The SMILES string of the molecule is CNc1nc(N(CCC(C)C)C2CC2)c2cn[nH]c2n1. The van der Waals surface area contributed by atoms with Crippen LogP contribution in [0, 0.1) is 5.92 Å². The normalized spacial score (nSPS) is 15.0. The lowest BCUT2D eigenvalue weighted by Crippen LogP contribution is -2.29. The first kappa shape index (κ1) is 13.1. The molecule has 6 heteroatoms. The van der Waals surface area contributed by atoms with Gasteiger partial charge in [-0.2, -0.15) is 15.1 Å². The Bertz CT molecular complexity index is 586. The molecule has 2 aromatic rings. The number of aromatic nitrogens is 4. The average molecular weight is 274 g/mol. The van der Waals surface area contributed by atoms with Crippen LogP contribution in [0.5, 0.6) is 0 Å². The maximum atomic E-state index is 4.67. The highest BCUT2D eigenvalue weighted by atomic mass is 15.3. The summed E-state index contributed by atoms with van der Waals surface area (Å²) >= 11 is 0. The predicted molar refractivity (Wildman–Crippen MR) is 81.1 cm³/mol. The quantitative estimate of drug-likeness (QED) is 0.846. The Morgan fingerprint density at radius 2 is 2.20 bits per heavy atom. The molecule has 0 radical (unpaired) electrons. The molecule has 2 heterocycles. The molecule has 0 saturated heterocycles. The Morgan fingerprint density at radius 3 is 2.85 bits per heavy atom. The van der Waals surface area contributed by atoms with Crippen LogP contribution in [-0.4, -0.2) is 39.8 Å². The molecule has 2 N–H and O–H groups in total. The minimum absolute atomic E-state index is 0.631. The van der Waals surface area contributed by atoms with Gasteiger partial charge in [0.15, 0.2) is 5.65 Å². The molecule has 3 rings (SSSR count). The number of hydrogen-bond acceptors (Lipinski definition) is 5. The molecular formula is C14H22N6. The van der Waals surface area contributed by atoms with E-state index in [1.54, 1.807) is 0 Å². The topological polar surface area (TPSA) is 69.7 Å². The molecule has 0 bridgehead atoms. The largest absolute Gasteiger partial charge is 0.357 e. The van der Waals surface area contributed by atoms with Crippen LogP contribution in [0.15, 0.2) is 6.20 Å². The molecule has 1 aliphatic carbocycles. The Labute approximate surface area is 119 Å². The lowest BCUT2D eigenvalue weighted by Gasteiger charge is -2.25. The lowest BCUT2D eigenvalue weighted by atomic mass is 10.1. The van der Waals surface area contributed by atoms with Gasteiger partial charge in [-0.15, -0.1) is 0 Å². The van der Waals surface area contributed by atoms with Crippen molar-refractivity contribution in [2.45, 2.75) is 39.2 Å². The maximum absolute atomic E-state index is 4.67. The van der Waals surface area contributed by atoms with Gasteiger partial charge in [-0.3, -0.25) is 5.10 Å². The first-order valence-electron chi connectivity index (χ1n) is 7.34. The van der Waals surface area contributed by atoms with Crippen LogP contribution < -0.4 is 10.2 Å². The fourth-order valence-electron chi connectivity index (χ4n) is 2.40. The van der Waals surface area contributed by atoms with E-state index in [9.17, 15) is 0 Å². The van der Waals surface area contributed by atoms with Crippen LogP contribution in [0.4, 0.5) is 11.8 Å². The fourth-order valence-corrected chi connectivity index (χ4v) is 2.40. The van der Waals surface area contributed by atoms with E-state index in [0.717, 1.165) is 23.4 Å². The van der Waals surface area contributed by atoms with Gasteiger partial charge in [0.1, 0.15) is 5.82 Å². The smallest absolute Gasteiger partial charge is 0.226 e. The first-order chi connectivity index (χ1) is 9.69. The van der Waals surface area contributed by atoms with Gasteiger partial charge in [0.05, 0.1) is 11.6 Å². The molecular weight excluding hydrogens is 252 g/mol. The van der Waals surface area contributed by atoms with Crippen molar-refractivity contribution in [3.8, 4) is 0 Å². The van der Waals surface area contributed by atoms with Crippen molar-refractivity contribution in [3.63, 3.8) is 0 Å². The summed E-state index contributed by atoms with van der Waals surface area (Å²) in [6.45, 7) is 5.57. The van der Waals surface area contributed by atoms with Crippen LogP contribution in [0.3, 0.4) is 0 Å². The first-order valence-corrected chi connectivity index (χ1v) is 7.34. The van der Waals surface area contributed by atoms with Crippen molar-refractivity contribution in [1.82, 2.24) is 20.2 Å². The van der Waals surface area contributed by atoms with E-state index in [1.807, 2.05) is 13.2 Å². The van der Waals surface area contributed by atoms with E-state index in [1.165, 1.54) is 19.3 Å². The molecule has 0 aliphatic heterocycles. The maximum Gasteiger partial charge on any atom is 0.226 e. The molecule has 0 aromatic carbocycles. The Morgan fingerprint density at radius 1 is 1.40 bits per heavy atom. The highest BCUT2D eigenvalue weighted by Crippen LogP contribution is 2.34. The van der Waals surface area contributed by atoms with E-state index in [4.69, 9.17) is 0 Å². The number of nitrogens with zero attached hydrogens (tertiary/aromatic N) is 4. The van der Waals surface area contributed by atoms with Crippen molar-refractivity contribution in [2.24, 2.45) is 5.92 Å².